The summed E-state index contributed by atoms with van der Waals surface area (Å²) in [6, 6.07) is 6.60. The van der Waals surface area contributed by atoms with Crippen molar-refractivity contribution in [3.63, 3.8) is 0 Å². The van der Waals surface area contributed by atoms with Crippen molar-refractivity contribution in [1.82, 2.24) is 4.90 Å². The molecule has 3 heteroatoms. The highest BCUT2D eigenvalue weighted by Gasteiger charge is 1.98. The lowest BCUT2D eigenvalue weighted by atomic mass is 10.3. The summed E-state index contributed by atoms with van der Waals surface area (Å²) in [6.45, 7) is 8.51. The van der Waals surface area contributed by atoms with Gasteiger partial charge >= 0.3 is 0 Å². The average molecular weight is 224 g/mol. The Morgan fingerprint density at radius 2 is 2.00 bits per heavy atom. The summed E-state index contributed by atoms with van der Waals surface area (Å²) in [5, 5.41) is 3.22. The summed E-state index contributed by atoms with van der Waals surface area (Å²) in [5.41, 5.74) is 0.861. The molecular weight excluding hydrogens is 203 g/mol. The number of nitrogens with one attached hydrogen (secondary N) is 1. The van der Waals surface area contributed by atoms with Crippen LogP contribution in [0.1, 0.15) is 20.3 Å². The van der Waals surface area contributed by atoms with Crippen LogP contribution in [0.15, 0.2) is 24.3 Å². The molecule has 0 fully saturated rings. The third-order valence-corrected chi connectivity index (χ3v) is 2.70. The van der Waals surface area contributed by atoms with Crippen LogP contribution in [0.25, 0.3) is 0 Å². The fourth-order valence-corrected chi connectivity index (χ4v) is 1.67. The first kappa shape index (κ1) is 13.0. The molecule has 2 nitrogen and oxygen atoms in total. The van der Waals surface area contributed by atoms with E-state index in [1.54, 1.807) is 6.07 Å². The van der Waals surface area contributed by atoms with Gasteiger partial charge in [0.25, 0.3) is 0 Å². The Bertz CT molecular complexity index is 298. The molecule has 0 aromatic heterocycles. The Morgan fingerprint density at radius 1 is 1.25 bits per heavy atom. The van der Waals surface area contributed by atoms with Crippen LogP contribution < -0.4 is 5.32 Å². The molecule has 1 aromatic rings. The van der Waals surface area contributed by atoms with E-state index in [1.807, 2.05) is 6.07 Å². The maximum absolute atomic E-state index is 12.9. The molecule has 1 N–H and O–H groups in total. The van der Waals surface area contributed by atoms with Crippen molar-refractivity contribution in [2.75, 3.05) is 31.5 Å². The Hall–Kier alpha value is -1.09. The van der Waals surface area contributed by atoms with Gasteiger partial charge in [-0.15, -0.1) is 0 Å². The van der Waals surface area contributed by atoms with Crippen molar-refractivity contribution in [2.24, 2.45) is 0 Å². The molecular formula is C13H21FN2. The molecule has 0 radical (unpaired) electrons. The molecule has 0 heterocycles. The lowest BCUT2D eigenvalue weighted by Crippen LogP contribution is -2.25. The Balaban J connectivity index is 2.20. The summed E-state index contributed by atoms with van der Waals surface area (Å²) in [4.78, 5) is 2.38. The molecule has 16 heavy (non-hydrogen) atoms. The second-order valence-corrected chi connectivity index (χ2v) is 3.82. The van der Waals surface area contributed by atoms with Gasteiger partial charge in [-0.25, -0.2) is 4.39 Å². The van der Waals surface area contributed by atoms with Crippen LogP contribution in [-0.4, -0.2) is 31.1 Å². The molecule has 0 amide bonds. The first-order chi connectivity index (χ1) is 7.76. The van der Waals surface area contributed by atoms with Gasteiger partial charge in [0.05, 0.1) is 0 Å². The fraction of sp³-hybridized carbons (Fsp3) is 0.538. The van der Waals surface area contributed by atoms with Gasteiger partial charge in [-0.3, -0.25) is 0 Å². The molecule has 0 atom stereocenters. The molecule has 0 spiro atoms. The van der Waals surface area contributed by atoms with Crippen LogP contribution in [-0.2, 0) is 0 Å². The molecule has 1 rings (SSSR count). The Kier molecular flexibility index (Phi) is 5.86. The second kappa shape index (κ2) is 7.23. The molecule has 0 saturated carbocycles. The van der Waals surface area contributed by atoms with Gasteiger partial charge in [-0.2, -0.15) is 0 Å². The summed E-state index contributed by atoms with van der Waals surface area (Å²) in [7, 11) is 0. The number of benzene rings is 1. The van der Waals surface area contributed by atoms with Crippen molar-refractivity contribution >= 4 is 5.69 Å². The van der Waals surface area contributed by atoms with Crippen LogP contribution >= 0.6 is 0 Å². The van der Waals surface area contributed by atoms with E-state index in [-0.39, 0.29) is 5.82 Å². The van der Waals surface area contributed by atoms with E-state index in [4.69, 9.17) is 0 Å². The highest BCUT2D eigenvalue weighted by Crippen LogP contribution is 2.08. The van der Waals surface area contributed by atoms with Crippen LogP contribution in [0.3, 0.4) is 0 Å². The number of hydrogen-bond donors (Lipinski definition) is 1. The number of halogens is 1. The maximum atomic E-state index is 12.9. The smallest absolute Gasteiger partial charge is 0.125 e. The zero-order valence-electron chi connectivity index (χ0n) is 10.2. The normalized spacial score (nSPS) is 10.8. The van der Waals surface area contributed by atoms with Crippen molar-refractivity contribution in [1.29, 1.82) is 0 Å². The van der Waals surface area contributed by atoms with Gasteiger partial charge in [0.1, 0.15) is 5.82 Å². The highest BCUT2D eigenvalue weighted by molar-refractivity contribution is 5.42. The molecule has 0 saturated heterocycles. The van der Waals surface area contributed by atoms with Gasteiger partial charge in [-0.05, 0) is 44.3 Å². The van der Waals surface area contributed by atoms with Gasteiger partial charge in [0.15, 0.2) is 0 Å². The maximum Gasteiger partial charge on any atom is 0.125 e. The lowest BCUT2D eigenvalue weighted by Gasteiger charge is -2.17. The molecule has 0 aliphatic rings. The summed E-state index contributed by atoms with van der Waals surface area (Å²) >= 11 is 0. The van der Waals surface area contributed by atoms with E-state index in [0.29, 0.717) is 0 Å². The van der Waals surface area contributed by atoms with Crippen LogP contribution in [0.4, 0.5) is 10.1 Å². The summed E-state index contributed by atoms with van der Waals surface area (Å²) in [5.74, 6) is -0.186. The summed E-state index contributed by atoms with van der Waals surface area (Å²) in [6.07, 6.45) is 1.08. The Morgan fingerprint density at radius 3 is 2.62 bits per heavy atom. The van der Waals surface area contributed by atoms with Crippen molar-refractivity contribution in [2.45, 2.75) is 20.3 Å². The first-order valence-corrected chi connectivity index (χ1v) is 5.98. The van der Waals surface area contributed by atoms with Gasteiger partial charge in [-0.1, -0.05) is 19.9 Å². The predicted octanol–water partition coefficient (Wildman–Crippen LogP) is 2.97. The number of anilines is 1. The van der Waals surface area contributed by atoms with Crippen molar-refractivity contribution in [3.05, 3.63) is 30.1 Å². The number of hydrogen-bond acceptors (Lipinski definition) is 2. The minimum atomic E-state index is -0.186. The van der Waals surface area contributed by atoms with Crippen LogP contribution in [0, 0.1) is 5.82 Å². The molecule has 1 aromatic carbocycles. The van der Waals surface area contributed by atoms with Gasteiger partial charge in [0.2, 0.25) is 0 Å². The van der Waals surface area contributed by atoms with Gasteiger partial charge < -0.3 is 10.2 Å². The van der Waals surface area contributed by atoms with Gasteiger partial charge in [0, 0.05) is 12.2 Å². The zero-order chi connectivity index (χ0) is 11.8. The monoisotopic (exact) mass is 224 g/mol. The van der Waals surface area contributed by atoms with E-state index in [2.05, 4.69) is 24.1 Å². The average Bonchev–Trinajstić information content (AvgIpc) is 2.29. The van der Waals surface area contributed by atoms with E-state index >= 15 is 0 Å². The van der Waals surface area contributed by atoms with Crippen LogP contribution in [0.2, 0.25) is 0 Å². The largest absolute Gasteiger partial charge is 0.385 e. The van der Waals surface area contributed by atoms with Crippen molar-refractivity contribution in [3.8, 4) is 0 Å². The van der Waals surface area contributed by atoms with E-state index in [9.17, 15) is 4.39 Å². The SMILES string of the molecule is CCN(CC)CCCNc1cccc(F)c1. The predicted molar refractivity (Wildman–Crippen MR) is 67.3 cm³/mol. The zero-order valence-corrected chi connectivity index (χ0v) is 10.2. The third-order valence-electron chi connectivity index (χ3n) is 2.70. The van der Waals surface area contributed by atoms with Crippen molar-refractivity contribution < 1.29 is 4.39 Å². The molecule has 90 valence electrons. The molecule has 0 aliphatic carbocycles. The number of rotatable bonds is 7. The first-order valence-electron chi connectivity index (χ1n) is 5.98. The lowest BCUT2D eigenvalue weighted by molar-refractivity contribution is 0.303. The number of nitrogens with zero attached hydrogens (tertiary/aromatic N) is 1. The van der Waals surface area contributed by atoms with E-state index in [0.717, 1.165) is 38.3 Å². The molecule has 0 aliphatic heterocycles. The molecule has 0 bridgehead atoms. The Labute approximate surface area is 97.5 Å². The summed E-state index contributed by atoms with van der Waals surface area (Å²) < 4.78 is 12.9. The second-order valence-electron chi connectivity index (χ2n) is 3.82. The van der Waals surface area contributed by atoms with Crippen LogP contribution in [0.5, 0.6) is 0 Å². The third kappa shape index (κ3) is 4.62. The fourth-order valence-electron chi connectivity index (χ4n) is 1.67. The standard InChI is InChI=1S/C13H21FN2/c1-3-16(4-2)10-6-9-15-13-8-5-7-12(14)11-13/h5,7-8,11,15H,3-4,6,9-10H2,1-2H3. The minimum absolute atomic E-state index is 0.186. The van der Waals surface area contributed by atoms with E-state index in [1.165, 1.54) is 12.1 Å². The quantitative estimate of drug-likeness (QED) is 0.716. The van der Waals surface area contributed by atoms with E-state index < -0.39 is 0 Å². The minimum Gasteiger partial charge on any atom is -0.385 e. The highest BCUT2D eigenvalue weighted by atomic mass is 19.1. The molecule has 0 unspecified atom stereocenters. The topological polar surface area (TPSA) is 15.3 Å².